The molecule has 2 heterocycles. The molecular formula is C24H18FN3O2. The quantitative estimate of drug-likeness (QED) is 0.417. The second-order valence-corrected chi connectivity index (χ2v) is 6.87. The van der Waals surface area contributed by atoms with Gasteiger partial charge in [-0.25, -0.2) is 4.39 Å². The summed E-state index contributed by atoms with van der Waals surface area (Å²) in [4.78, 5) is 0. The Hall–Kier alpha value is -4.06. The maximum Gasteiger partial charge on any atom is 0.222 e. The first-order valence-corrected chi connectivity index (χ1v) is 9.45. The van der Waals surface area contributed by atoms with E-state index < -0.39 is 0 Å². The molecule has 0 amide bonds. The summed E-state index contributed by atoms with van der Waals surface area (Å²) in [6.07, 6.45) is 0. The molecule has 0 atom stereocenters. The van der Waals surface area contributed by atoms with Crippen molar-refractivity contribution in [3.8, 4) is 39.8 Å². The van der Waals surface area contributed by atoms with E-state index in [4.69, 9.17) is 4.74 Å². The number of hydrogen-bond donors (Lipinski definition) is 2. The van der Waals surface area contributed by atoms with Crippen molar-refractivity contribution in [3.05, 3.63) is 84.7 Å². The third-order valence-corrected chi connectivity index (χ3v) is 5.16. The monoisotopic (exact) mass is 399 g/mol. The zero-order chi connectivity index (χ0) is 20.7. The number of nitrogens with one attached hydrogen (secondary N) is 1. The van der Waals surface area contributed by atoms with Crippen LogP contribution in [0.25, 0.3) is 39.1 Å². The van der Waals surface area contributed by atoms with Crippen LogP contribution in [-0.4, -0.2) is 27.0 Å². The van der Waals surface area contributed by atoms with Crippen LogP contribution >= 0.6 is 0 Å². The van der Waals surface area contributed by atoms with Crippen molar-refractivity contribution in [1.29, 1.82) is 0 Å². The van der Waals surface area contributed by atoms with Crippen LogP contribution < -0.4 is 4.74 Å². The summed E-state index contributed by atoms with van der Waals surface area (Å²) < 4.78 is 20.9. The van der Waals surface area contributed by atoms with Gasteiger partial charge in [-0.15, -0.1) is 0 Å². The molecule has 0 aliphatic carbocycles. The Kier molecular flexibility index (Phi) is 4.25. The zero-order valence-electron chi connectivity index (χ0n) is 16.1. The first-order valence-electron chi connectivity index (χ1n) is 9.45. The summed E-state index contributed by atoms with van der Waals surface area (Å²) in [6, 6.07) is 23.3. The number of methoxy groups -OCH3 is 1. The fourth-order valence-corrected chi connectivity index (χ4v) is 3.81. The summed E-state index contributed by atoms with van der Waals surface area (Å²) in [7, 11) is 1.61. The van der Waals surface area contributed by atoms with Crippen LogP contribution in [-0.2, 0) is 0 Å². The Bertz CT molecular complexity index is 1340. The van der Waals surface area contributed by atoms with Crippen molar-refractivity contribution in [2.45, 2.75) is 0 Å². The maximum atomic E-state index is 13.6. The normalized spacial score (nSPS) is 11.1. The summed E-state index contributed by atoms with van der Waals surface area (Å²) in [5.41, 5.74) is 4.24. The molecule has 0 aliphatic rings. The highest BCUT2D eigenvalue weighted by Gasteiger charge is 2.26. The number of benzene rings is 3. The number of ether oxygens (including phenoxy) is 1. The lowest BCUT2D eigenvalue weighted by Crippen LogP contribution is -1.99. The number of nitrogens with zero attached hydrogens (tertiary/aromatic N) is 2. The number of halogens is 1. The van der Waals surface area contributed by atoms with Crippen LogP contribution in [0, 0.1) is 5.82 Å². The number of rotatable bonds is 4. The molecule has 0 unspecified atom stereocenters. The standard InChI is InChI=1S/C24H18FN3O2/c1-30-19-10-6-5-9-18(19)23-20-21(15-7-3-2-4-8-15)26-27-22(20)24(29)28(23)17-13-11-16(25)12-14-17/h2-14,27,29H,1H3. The number of aromatic nitrogens is 3. The van der Waals surface area contributed by atoms with Crippen LogP contribution in [0.4, 0.5) is 4.39 Å². The number of aromatic amines is 1. The number of aromatic hydroxyl groups is 1. The smallest absolute Gasteiger partial charge is 0.222 e. The third-order valence-electron chi connectivity index (χ3n) is 5.16. The number of fused-ring (bicyclic) bond motifs is 1. The van der Waals surface area contributed by atoms with Gasteiger partial charge in [0.1, 0.15) is 22.8 Å². The van der Waals surface area contributed by atoms with Gasteiger partial charge in [0.05, 0.1) is 18.2 Å². The van der Waals surface area contributed by atoms with Crippen LogP contribution in [0.2, 0.25) is 0 Å². The van der Waals surface area contributed by atoms with Crippen molar-refractivity contribution in [1.82, 2.24) is 14.8 Å². The summed E-state index contributed by atoms with van der Waals surface area (Å²) >= 11 is 0. The molecule has 3 aromatic carbocycles. The van der Waals surface area contributed by atoms with Gasteiger partial charge in [-0.1, -0.05) is 42.5 Å². The van der Waals surface area contributed by atoms with E-state index in [9.17, 15) is 9.50 Å². The highest BCUT2D eigenvalue weighted by atomic mass is 19.1. The average Bonchev–Trinajstić information content (AvgIpc) is 3.34. The predicted molar refractivity (Wildman–Crippen MR) is 114 cm³/mol. The van der Waals surface area contributed by atoms with Gasteiger partial charge in [0.2, 0.25) is 5.88 Å². The Morgan fingerprint density at radius 3 is 2.37 bits per heavy atom. The summed E-state index contributed by atoms with van der Waals surface area (Å²) in [5, 5.41) is 19.3. The third kappa shape index (κ3) is 2.73. The molecule has 2 aromatic heterocycles. The van der Waals surface area contributed by atoms with Crippen molar-refractivity contribution in [2.75, 3.05) is 7.11 Å². The first-order chi connectivity index (χ1) is 14.7. The van der Waals surface area contributed by atoms with Gasteiger partial charge in [0, 0.05) is 16.8 Å². The molecular weight excluding hydrogens is 381 g/mol. The van der Waals surface area contributed by atoms with E-state index in [0.717, 1.165) is 16.5 Å². The molecule has 6 heteroatoms. The van der Waals surface area contributed by atoms with Gasteiger partial charge < -0.3 is 9.84 Å². The van der Waals surface area contributed by atoms with Crippen molar-refractivity contribution >= 4 is 10.9 Å². The minimum atomic E-state index is -0.346. The lowest BCUT2D eigenvalue weighted by molar-refractivity contribution is 0.416. The highest BCUT2D eigenvalue weighted by molar-refractivity contribution is 6.07. The van der Waals surface area contributed by atoms with Crippen LogP contribution in [0.1, 0.15) is 0 Å². The zero-order valence-corrected chi connectivity index (χ0v) is 16.1. The minimum Gasteiger partial charge on any atom is -0.496 e. The van der Waals surface area contributed by atoms with E-state index in [1.807, 2.05) is 54.6 Å². The predicted octanol–water partition coefficient (Wildman–Crippen LogP) is 5.54. The van der Waals surface area contributed by atoms with E-state index in [1.54, 1.807) is 23.8 Å². The van der Waals surface area contributed by atoms with Gasteiger partial charge >= 0.3 is 0 Å². The van der Waals surface area contributed by atoms with Gasteiger partial charge in [-0.05, 0) is 36.4 Å². The molecule has 0 radical (unpaired) electrons. The molecule has 0 saturated carbocycles. The second-order valence-electron chi connectivity index (χ2n) is 6.87. The molecule has 30 heavy (non-hydrogen) atoms. The molecule has 5 aromatic rings. The van der Waals surface area contributed by atoms with Crippen LogP contribution in [0.3, 0.4) is 0 Å². The van der Waals surface area contributed by atoms with Crippen molar-refractivity contribution < 1.29 is 14.2 Å². The van der Waals surface area contributed by atoms with E-state index in [0.29, 0.717) is 28.3 Å². The first kappa shape index (κ1) is 18.0. The summed E-state index contributed by atoms with van der Waals surface area (Å²) in [6.45, 7) is 0. The van der Waals surface area contributed by atoms with Crippen LogP contribution in [0.5, 0.6) is 11.6 Å². The number of hydrogen-bond acceptors (Lipinski definition) is 3. The molecule has 5 rings (SSSR count). The SMILES string of the molecule is COc1ccccc1-c1c2c(-c3ccccc3)n[nH]c2c(O)n1-c1ccc(F)cc1. The van der Waals surface area contributed by atoms with Crippen LogP contribution in [0.15, 0.2) is 78.9 Å². The van der Waals surface area contributed by atoms with Crippen molar-refractivity contribution in [2.24, 2.45) is 0 Å². The Morgan fingerprint density at radius 1 is 0.933 bits per heavy atom. The Balaban J connectivity index is 1.91. The molecule has 5 nitrogen and oxygen atoms in total. The largest absolute Gasteiger partial charge is 0.496 e. The van der Waals surface area contributed by atoms with E-state index in [2.05, 4.69) is 10.2 Å². The maximum absolute atomic E-state index is 13.6. The fraction of sp³-hybridized carbons (Fsp3) is 0.0417. The lowest BCUT2D eigenvalue weighted by atomic mass is 10.0. The molecule has 0 spiro atoms. The minimum absolute atomic E-state index is 0.00723. The molecule has 0 saturated heterocycles. The second kappa shape index (κ2) is 7.08. The molecule has 2 N–H and O–H groups in total. The van der Waals surface area contributed by atoms with E-state index in [1.165, 1.54) is 12.1 Å². The summed E-state index contributed by atoms with van der Waals surface area (Å²) in [5.74, 6) is 0.300. The average molecular weight is 399 g/mol. The fourth-order valence-electron chi connectivity index (χ4n) is 3.81. The molecule has 148 valence electrons. The van der Waals surface area contributed by atoms with Gasteiger partial charge in [-0.3, -0.25) is 9.67 Å². The van der Waals surface area contributed by atoms with Gasteiger partial charge in [0.25, 0.3) is 0 Å². The Morgan fingerprint density at radius 2 is 1.63 bits per heavy atom. The van der Waals surface area contributed by atoms with Crippen molar-refractivity contribution in [3.63, 3.8) is 0 Å². The number of para-hydroxylation sites is 1. The van der Waals surface area contributed by atoms with Gasteiger partial charge in [0.15, 0.2) is 0 Å². The van der Waals surface area contributed by atoms with Gasteiger partial charge in [-0.2, -0.15) is 5.10 Å². The number of H-pyrrole nitrogens is 1. The Labute approximate surface area is 172 Å². The topological polar surface area (TPSA) is 63.1 Å². The van der Waals surface area contributed by atoms with E-state index >= 15 is 0 Å². The molecule has 0 fully saturated rings. The molecule has 0 bridgehead atoms. The lowest BCUT2D eigenvalue weighted by Gasteiger charge is -2.14. The molecule has 0 aliphatic heterocycles. The van der Waals surface area contributed by atoms with E-state index in [-0.39, 0.29) is 11.7 Å². The highest BCUT2D eigenvalue weighted by Crippen LogP contribution is 2.45.